The number of hydrogen-bond donors (Lipinski definition) is 1. The van der Waals surface area contributed by atoms with Crippen LogP contribution in [-0.4, -0.2) is 39.4 Å². The van der Waals surface area contributed by atoms with Gasteiger partial charge in [-0.1, -0.05) is 5.92 Å². The van der Waals surface area contributed by atoms with E-state index in [9.17, 15) is 4.79 Å². The second-order valence-corrected chi connectivity index (χ2v) is 5.13. The average Bonchev–Trinajstić information content (AvgIpc) is 3.05. The minimum Gasteiger partial charge on any atom is -0.493 e. The molecule has 1 aliphatic heterocycles. The van der Waals surface area contributed by atoms with Gasteiger partial charge in [0.25, 0.3) is 5.91 Å². The summed E-state index contributed by atoms with van der Waals surface area (Å²) in [5.41, 5.74) is 0.524. The lowest BCUT2D eigenvalue weighted by Gasteiger charge is -2.12. The average molecular weight is 303 g/mol. The third kappa shape index (κ3) is 4.40. The van der Waals surface area contributed by atoms with Gasteiger partial charge in [-0.15, -0.1) is 6.42 Å². The van der Waals surface area contributed by atoms with E-state index in [1.54, 1.807) is 25.3 Å². The molecule has 1 amide bonds. The molecule has 0 spiro atoms. The molecule has 0 aliphatic carbocycles. The van der Waals surface area contributed by atoms with Gasteiger partial charge in [0.05, 0.1) is 7.11 Å². The van der Waals surface area contributed by atoms with E-state index in [1.165, 1.54) is 0 Å². The molecule has 1 atom stereocenters. The van der Waals surface area contributed by atoms with E-state index < -0.39 is 0 Å². The Hall–Kier alpha value is -2.19. The molecule has 0 saturated carbocycles. The first-order valence-electron chi connectivity index (χ1n) is 7.35. The monoisotopic (exact) mass is 303 g/mol. The molecule has 5 heteroatoms. The predicted octanol–water partition coefficient (Wildman–Crippen LogP) is 1.86. The number of terminal acetylenes is 1. The molecule has 22 heavy (non-hydrogen) atoms. The van der Waals surface area contributed by atoms with Crippen molar-refractivity contribution < 1.29 is 19.0 Å². The van der Waals surface area contributed by atoms with Gasteiger partial charge in [-0.05, 0) is 37.0 Å². The summed E-state index contributed by atoms with van der Waals surface area (Å²) in [6, 6.07) is 5.05. The third-order valence-corrected chi connectivity index (χ3v) is 3.60. The molecule has 0 radical (unpaired) electrons. The Morgan fingerprint density at radius 2 is 2.36 bits per heavy atom. The number of hydrogen-bond acceptors (Lipinski definition) is 4. The fourth-order valence-electron chi connectivity index (χ4n) is 2.35. The molecule has 118 valence electrons. The van der Waals surface area contributed by atoms with Crippen LogP contribution in [0, 0.1) is 18.3 Å². The number of amides is 1. The topological polar surface area (TPSA) is 56.8 Å². The smallest absolute Gasteiger partial charge is 0.251 e. The van der Waals surface area contributed by atoms with Crippen LogP contribution in [-0.2, 0) is 4.74 Å². The van der Waals surface area contributed by atoms with Crippen molar-refractivity contribution >= 4 is 5.91 Å². The highest BCUT2D eigenvalue weighted by molar-refractivity contribution is 5.94. The van der Waals surface area contributed by atoms with Crippen molar-refractivity contribution in [3.05, 3.63) is 23.8 Å². The minimum absolute atomic E-state index is 0.128. The maximum Gasteiger partial charge on any atom is 0.251 e. The minimum atomic E-state index is -0.132. The van der Waals surface area contributed by atoms with Crippen molar-refractivity contribution in [1.29, 1.82) is 0 Å². The first-order valence-corrected chi connectivity index (χ1v) is 7.35. The summed E-state index contributed by atoms with van der Waals surface area (Å²) < 4.78 is 15.9. The van der Waals surface area contributed by atoms with Gasteiger partial charge in [0.1, 0.15) is 6.61 Å². The number of carbonyl (C=O) groups excluding carboxylic acids is 1. The van der Waals surface area contributed by atoms with Crippen LogP contribution in [0.2, 0.25) is 0 Å². The van der Waals surface area contributed by atoms with Gasteiger partial charge < -0.3 is 19.5 Å². The quantitative estimate of drug-likeness (QED) is 0.781. The number of nitrogens with one attached hydrogen (secondary N) is 1. The van der Waals surface area contributed by atoms with Crippen LogP contribution in [0.15, 0.2) is 18.2 Å². The highest BCUT2D eigenvalue weighted by Crippen LogP contribution is 2.28. The van der Waals surface area contributed by atoms with E-state index >= 15 is 0 Å². The van der Waals surface area contributed by atoms with Gasteiger partial charge in [0.2, 0.25) is 0 Å². The Balaban J connectivity index is 1.92. The molecule has 1 saturated heterocycles. The van der Waals surface area contributed by atoms with Crippen LogP contribution >= 0.6 is 0 Å². The standard InChI is InChI=1S/C17H21NO4/c1-3-9-22-16-11-14(4-5-15(16)20-2)17(19)18-8-6-13-7-10-21-12-13/h1,4-5,11,13H,6-10,12H2,2H3,(H,18,19)/t13-/m1/s1. The van der Waals surface area contributed by atoms with Crippen LogP contribution in [0.4, 0.5) is 0 Å². The van der Waals surface area contributed by atoms with Gasteiger partial charge in [0.15, 0.2) is 11.5 Å². The zero-order valence-corrected chi connectivity index (χ0v) is 12.8. The van der Waals surface area contributed by atoms with E-state index in [1.807, 2.05) is 0 Å². The largest absolute Gasteiger partial charge is 0.493 e. The van der Waals surface area contributed by atoms with E-state index in [-0.39, 0.29) is 12.5 Å². The van der Waals surface area contributed by atoms with Crippen molar-refractivity contribution in [2.45, 2.75) is 12.8 Å². The van der Waals surface area contributed by atoms with Gasteiger partial charge in [0, 0.05) is 25.3 Å². The number of benzene rings is 1. The molecule has 0 bridgehead atoms. The highest BCUT2D eigenvalue weighted by Gasteiger charge is 2.16. The van der Waals surface area contributed by atoms with Crippen LogP contribution in [0.1, 0.15) is 23.2 Å². The summed E-state index contributed by atoms with van der Waals surface area (Å²) in [5, 5.41) is 2.92. The maximum absolute atomic E-state index is 12.2. The summed E-state index contributed by atoms with van der Waals surface area (Å²) >= 11 is 0. The van der Waals surface area contributed by atoms with Crippen LogP contribution in [0.25, 0.3) is 0 Å². The second-order valence-electron chi connectivity index (χ2n) is 5.13. The summed E-state index contributed by atoms with van der Waals surface area (Å²) in [5.74, 6) is 3.83. The van der Waals surface area contributed by atoms with Gasteiger partial charge in [-0.2, -0.15) is 0 Å². The maximum atomic E-state index is 12.2. The summed E-state index contributed by atoms with van der Waals surface area (Å²) in [4.78, 5) is 12.2. The molecule has 0 unspecified atom stereocenters. The zero-order valence-electron chi connectivity index (χ0n) is 12.8. The summed E-state index contributed by atoms with van der Waals surface area (Å²) in [7, 11) is 1.54. The van der Waals surface area contributed by atoms with E-state index in [4.69, 9.17) is 20.6 Å². The highest BCUT2D eigenvalue weighted by atomic mass is 16.5. The molecule has 0 aromatic heterocycles. The lowest BCUT2D eigenvalue weighted by atomic mass is 10.1. The fraction of sp³-hybridized carbons (Fsp3) is 0.471. The second kappa shape index (κ2) is 8.30. The number of ether oxygens (including phenoxy) is 3. The Labute approximate surface area is 130 Å². The zero-order chi connectivity index (χ0) is 15.8. The molecule has 5 nitrogen and oxygen atoms in total. The first-order chi connectivity index (χ1) is 10.7. The van der Waals surface area contributed by atoms with Crippen LogP contribution < -0.4 is 14.8 Å². The van der Waals surface area contributed by atoms with E-state index in [0.29, 0.717) is 29.5 Å². The molecule has 1 heterocycles. The normalized spacial score (nSPS) is 16.8. The SMILES string of the molecule is C#CCOc1cc(C(=O)NCC[C@@H]2CCOC2)ccc1OC. The molecule has 1 fully saturated rings. The number of carbonyl (C=O) groups is 1. The van der Waals surface area contributed by atoms with E-state index in [2.05, 4.69) is 11.2 Å². The van der Waals surface area contributed by atoms with Crippen molar-refractivity contribution in [1.82, 2.24) is 5.32 Å². The van der Waals surface area contributed by atoms with Crippen LogP contribution in [0.3, 0.4) is 0 Å². The van der Waals surface area contributed by atoms with Gasteiger partial charge >= 0.3 is 0 Å². The molecule has 1 aromatic rings. The number of methoxy groups -OCH3 is 1. The molecular weight excluding hydrogens is 282 g/mol. The van der Waals surface area contributed by atoms with Crippen molar-refractivity contribution in [2.75, 3.05) is 33.5 Å². The third-order valence-electron chi connectivity index (χ3n) is 3.60. The van der Waals surface area contributed by atoms with Gasteiger partial charge in [-0.3, -0.25) is 4.79 Å². The Bertz CT molecular complexity index is 544. The molecule has 1 aliphatic rings. The Morgan fingerprint density at radius 3 is 3.05 bits per heavy atom. The number of rotatable bonds is 7. The van der Waals surface area contributed by atoms with Crippen molar-refractivity contribution in [3.8, 4) is 23.8 Å². The first kappa shape index (κ1) is 16.2. The summed E-state index contributed by atoms with van der Waals surface area (Å²) in [6.45, 7) is 2.39. The van der Waals surface area contributed by atoms with Crippen molar-refractivity contribution in [3.63, 3.8) is 0 Å². The molecule has 1 aromatic carbocycles. The molecular formula is C17H21NO4. The lowest BCUT2D eigenvalue weighted by Crippen LogP contribution is -2.26. The molecule has 2 rings (SSSR count). The Kier molecular flexibility index (Phi) is 6.11. The van der Waals surface area contributed by atoms with Crippen LogP contribution in [0.5, 0.6) is 11.5 Å². The molecule has 1 N–H and O–H groups in total. The Morgan fingerprint density at radius 1 is 1.50 bits per heavy atom. The van der Waals surface area contributed by atoms with Gasteiger partial charge in [-0.25, -0.2) is 0 Å². The predicted molar refractivity (Wildman–Crippen MR) is 83.2 cm³/mol. The fourth-order valence-corrected chi connectivity index (χ4v) is 2.35. The van der Waals surface area contributed by atoms with E-state index in [0.717, 1.165) is 26.1 Å². The lowest BCUT2D eigenvalue weighted by molar-refractivity contribution is 0.0950. The summed E-state index contributed by atoms with van der Waals surface area (Å²) in [6.07, 6.45) is 7.19. The van der Waals surface area contributed by atoms with Crippen molar-refractivity contribution in [2.24, 2.45) is 5.92 Å².